The zero-order valence-corrected chi connectivity index (χ0v) is 12.4. The highest BCUT2D eigenvalue weighted by Gasteiger charge is 2.39. The van der Waals surface area contributed by atoms with Crippen molar-refractivity contribution in [3.63, 3.8) is 0 Å². The monoisotopic (exact) mass is 288 g/mol. The Morgan fingerprint density at radius 3 is 2.53 bits per heavy atom. The molecule has 0 aromatic rings. The van der Waals surface area contributed by atoms with E-state index in [0.29, 0.717) is 13.1 Å². The molecular weight excluding hydrogens is 264 g/mol. The zero-order chi connectivity index (χ0) is 14.1. The van der Waals surface area contributed by atoms with Gasteiger partial charge in [0.25, 0.3) is 0 Å². The first-order chi connectivity index (χ1) is 9.08. The van der Waals surface area contributed by atoms with Crippen molar-refractivity contribution in [1.82, 2.24) is 10.6 Å². The quantitative estimate of drug-likeness (QED) is 0.568. The topological polar surface area (TPSA) is 78.4 Å². The number of rotatable bonds is 9. The van der Waals surface area contributed by atoms with Gasteiger partial charge in [0.05, 0.1) is 6.42 Å². The lowest BCUT2D eigenvalue weighted by Gasteiger charge is -2.40. The minimum Gasteiger partial charge on any atom is -0.481 e. The van der Waals surface area contributed by atoms with Crippen LogP contribution in [0, 0.1) is 5.41 Å². The number of carboxylic acids is 1. The maximum Gasteiger partial charge on any atom is 0.314 e. The molecule has 5 nitrogen and oxygen atoms in total. The van der Waals surface area contributed by atoms with E-state index in [4.69, 9.17) is 5.11 Å². The predicted octanol–water partition coefficient (Wildman–Crippen LogP) is 2.07. The van der Waals surface area contributed by atoms with Crippen LogP contribution in [0.1, 0.15) is 38.5 Å². The summed E-state index contributed by atoms with van der Waals surface area (Å²) in [5.74, 6) is 0.337. The van der Waals surface area contributed by atoms with Gasteiger partial charge < -0.3 is 15.7 Å². The summed E-state index contributed by atoms with van der Waals surface area (Å²) in [6, 6.07) is -0.180. The van der Waals surface area contributed by atoms with Gasteiger partial charge in [-0.2, -0.15) is 11.8 Å². The standard InChI is InChI=1S/C13H24N2O3S/c1-19-8-3-2-7-14-12(18)15-10-13(5-4-6-13)9-11(16)17/h2-10H2,1H3,(H,16,17)(H2,14,15,18). The van der Waals surface area contributed by atoms with Crippen molar-refractivity contribution in [3.8, 4) is 0 Å². The van der Waals surface area contributed by atoms with Gasteiger partial charge in [0.2, 0.25) is 0 Å². The first-order valence-electron chi connectivity index (χ1n) is 6.80. The molecule has 0 atom stereocenters. The number of hydrogen-bond donors (Lipinski definition) is 3. The van der Waals surface area contributed by atoms with Crippen LogP contribution in [0.2, 0.25) is 0 Å². The lowest BCUT2D eigenvalue weighted by Crippen LogP contribution is -2.46. The highest BCUT2D eigenvalue weighted by molar-refractivity contribution is 7.98. The number of aliphatic carboxylic acids is 1. The second-order valence-electron chi connectivity index (χ2n) is 5.23. The maximum absolute atomic E-state index is 11.6. The van der Waals surface area contributed by atoms with Crippen LogP contribution in [0.4, 0.5) is 4.79 Å². The molecule has 1 aliphatic carbocycles. The largest absolute Gasteiger partial charge is 0.481 e. The Balaban J connectivity index is 2.13. The average Bonchev–Trinajstić information content (AvgIpc) is 2.31. The number of hydrogen-bond acceptors (Lipinski definition) is 3. The van der Waals surface area contributed by atoms with Crippen LogP contribution in [0.25, 0.3) is 0 Å². The molecule has 0 unspecified atom stereocenters. The van der Waals surface area contributed by atoms with Gasteiger partial charge in [-0.15, -0.1) is 0 Å². The van der Waals surface area contributed by atoms with E-state index in [2.05, 4.69) is 16.9 Å². The summed E-state index contributed by atoms with van der Waals surface area (Å²) < 4.78 is 0. The minimum atomic E-state index is -0.779. The van der Waals surface area contributed by atoms with E-state index in [0.717, 1.165) is 37.9 Å². The molecule has 0 spiro atoms. The van der Waals surface area contributed by atoms with Crippen molar-refractivity contribution < 1.29 is 14.7 Å². The van der Waals surface area contributed by atoms with Gasteiger partial charge in [-0.1, -0.05) is 6.42 Å². The van der Waals surface area contributed by atoms with Crippen LogP contribution < -0.4 is 10.6 Å². The Labute approximate surface area is 118 Å². The molecule has 1 aliphatic rings. The summed E-state index contributed by atoms with van der Waals surface area (Å²) in [6.45, 7) is 1.15. The summed E-state index contributed by atoms with van der Waals surface area (Å²) >= 11 is 1.81. The molecule has 1 saturated carbocycles. The van der Waals surface area contributed by atoms with Crippen LogP contribution in [-0.4, -0.2) is 42.2 Å². The van der Waals surface area contributed by atoms with Crippen LogP contribution >= 0.6 is 11.8 Å². The highest BCUT2D eigenvalue weighted by atomic mass is 32.2. The first-order valence-corrected chi connectivity index (χ1v) is 8.20. The van der Waals surface area contributed by atoms with E-state index in [1.807, 2.05) is 0 Å². The van der Waals surface area contributed by atoms with Crippen molar-refractivity contribution in [3.05, 3.63) is 0 Å². The molecule has 19 heavy (non-hydrogen) atoms. The van der Waals surface area contributed by atoms with E-state index in [1.165, 1.54) is 0 Å². The summed E-state index contributed by atoms with van der Waals surface area (Å²) in [5, 5.41) is 14.5. The van der Waals surface area contributed by atoms with Gasteiger partial charge in [-0.05, 0) is 43.1 Å². The molecular formula is C13H24N2O3S. The number of carbonyl (C=O) groups is 2. The third-order valence-electron chi connectivity index (χ3n) is 3.63. The van der Waals surface area contributed by atoms with Gasteiger partial charge in [0.15, 0.2) is 0 Å². The van der Waals surface area contributed by atoms with Crippen molar-refractivity contribution in [1.29, 1.82) is 0 Å². The molecule has 3 N–H and O–H groups in total. The molecule has 0 aromatic carbocycles. The number of carboxylic acid groups (broad SMARTS) is 1. The van der Waals surface area contributed by atoms with E-state index in [9.17, 15) is 9.59 Å². The fourth-order valence-electron chi connectivity index (χ4n) is 2.32. The third-order valence-corrected chi connectivity index (χ3v) is 4.32. The molecule has 0 heterocycles. The predicted molar refractivity (Wildman–Crippen MR) is 77.6 cm³/mol. The SMILES string of the molecule is CSCCCCNC(=O)NCC1(CC(=O)O)CCC1. The zero-order valence-electron chi connectivity index (χ0n) is 11.5. The molecule has 0 aromatic heterocycles. The van der Waals surface area contributed by atoms with Crippen LogP contribution in [0.15, 0.2) is 0 Å². The van der Waals surface area contributed by atoms with E-state index in [1.54, 1.807) is 11.8 Å². The molecule has 6 heteroatoms. The number of nitrogens with one attached hydrogen (secondary N) is 2. The molecule has 0 bridgehead atoms. The lowest BCUT2D eigenvalue weighted by molar-refractivity contribution is -0.141. The van der Waals surface area contributed by atoms with Gasteiger partial charge in [0.1, 0.15) is 0 Å². The van der Waals surface area contributed by atoms with Gasteiger partial charge in [-0.25, -0.2) is 4.79 Å². The average molecular weight is 288 g/mol. The number of unbranched alkanes of at least 4 members (excludes halogenated alkanes) is 1. The fraction of sp³-hybridized carbons (Fsp3) is 0.846. The van der Waals surface area contributed by atoms with Crippen molar-refractivity contribution in [2.75, 3.05) is 25.1 Å². The molecule has 0 saturated heterocycles. The Morgan fingerprint density at radius 1 is 1.26 bits per heavy atom. The number of urea groups is 1. The van der Waals surface area contributed by atoms with Gasteiger partial charge in [-0.3, -0.25) is 4.79 Å². The maximum atomic E-state index is 11.6. The Kier molecular flexibility index (Phi) is 7.05. The van der Waals surface area contributed by atoms with Crippen molar-refractivity contribution in [2.45, 2.75) is 38.5 Å². The first kappa shape index (κ1) is 16.1. The summed E-state index contributed by atoms with van der Waals surface area (Å²) in [6.07, 6.45) is 7.16. The second-order valence-corrected chi connectivity index (χ2v) is 6.22. The highest BCUT2D eigenvalue weighted by Crippen LogP contribution is 2.43. The van der Waals surface area contributed by atoms with E-state index in [-0.39, 0.29) is 17.9 Å². The lowest BCUT2D eigenvalue weighted by atomic mass is 9.66. The second kappa shape index (κ2) is 8.30. The molecule has 0 aliphatic heterocycles. The Bertz CT molecular complexity index is 306. The Morgan fingerprint density at radius 2 is 2.00 bits per heavy atom. The summed E-state index contributed by atoms with van der Waals surface area (Å²) in [7, 11) is 0. The van der Waals surface area contributed by atoms with Gasteiger partial charge in [0, 0.05) is 13.1 Å². The van der Waals surface area contributed by atoms with E-state index >= 15 is 0 Å². The molecule has 1 fully saturated rings. The normalized spacial score (nSPS) is 16.5. The molecule has 2 amide bonds. The minimum absolute atomic E-state index is 0.154. The molecule has 1 rings (SSSR count). The van der Waals surface area contributed by atoms with Crippen LogP contribution in [0.3, 0.4) is 0 Å². The van der Waals surface area contributed by atoms with Gasteiger partial charge >= 0.3 is 12.0 Å². The summed E-state index contributed by atoms with van der Waals surface area (Å²) in [4.78, 5) is 22.4. The van der Waals surface area contributed by atoms with Crippen molar-refractivity contribution >= 4 is 23.8 Å². The number of carbonyl (C=O) groups excluding carboxylic acids is 1. The third kappa shape index (κ3) is 6.18. The fourth-order valence-corrected chi connectivity index (χ4v) is 2.81. The summed E-state index contributed by atoms with van der Waals surface area (Å²) in [5.41, 5.74) is -0.206. The molecule has 110 valence electrons. The Hall–Kier alpha value is -0.910. The van der Waals surface area contributed by atoms with Crippen LogP contribution in [-0.2, 0) is 4.79 Å². The van der Waals surface area contributed by atoms with Crippen LogP contribution in [0.5, 0.6) is 0 Å². The number of thioether (sulfide) groups is 1. The van der Waals surface area contributed by atoms with E-state index < -0.39 is 5.97 Å². The smallest absolute Gasteiger partial charge is 0.314 e. The number of amides is 2. The van der Waals surface area contributed by atoms with Crippen molar-refractivity contribution in [2.24, 2.45) is 5.41 Å². The molecule has 0 radical (unpaired) electrons.